The first-order valence-corrected chi connectivity index (χ1v) is 9.41. The summed E-state index contributed by atoms with van der Waals surface area (Å²) in [6.45, 7) is 5.10. The average molecular weight is 394 g/mol. The van der Waals surface area contributed by atoms with E-state index in [1.54, 1.807) is 11.3 Å². The number of hydrogen-bond donors (Lipinski definition) is 0. The van der Waals surface area contributed by atoms with Crippen molar-refractivity contribution in [2.45, 2.75) is 20.4 Å². The summed E-state index contributed by atoms with van der Waals surface area (Å²) in [5.41, 5.74) is 0. The van der Waals surface area contributed by atoms with Crippen LogP contribution in [0, 0.1) is 5.92 Å². The minimum atomic E-state index is -0.231. The summed E-state index contributed by atoms with van der Waals surface area (Å²) in [7, 11) is 1.38. The molecule has 0 fully saturated rings. The zero-order chi connectivity index (χ0) is 15.8. The van der Waals surface area contributed by atoms with E-state index < -0.39 is 0 Å². The number of esters is 1. The van der Waals surface area contributed by atoms with Crippen LogP contribution in [0.3, 0.4) is 0 Å². The number of thiophene rings is 1. The van der Waals surface area contributed by atoms with Crippen molar-refractivity contribution in [3.05, 3.63) is 20.8 Å². The van der Waals surface area contributed by atoms with Crippen molar-refractivity contribution in [1.82, 2.24) is 4.90 Å². The van der Waals surface area contributed by atoms with E-state index in [1.807, 2.05) is 30.9 Å². The Morgan fingerprint density at radius 2 is 2.19 bits per heavy atom. The van der Waals surface area contributed by atoms with Gasteiger partial charge in [0, 0.05) is 17.2 Å². The highest BCUT2D eigenvalue weighted by atomic mass is 79.9. The number of nitrogens with zero attached hydrogens (tertiary/aromatic N) is 1. The van der Waals surface area contributed by atoms with E-state index in [-0.39, 0.29) is 17.8 Å². The maximum absolute atomic E-state index is 12.2. The van der Waals surface area contributed by atoms with Crippen LogP contribution in [0.1, 0.15) is 18.7 Å². The van der Waals surface area contributed by atoms with Crippen LogP contribution in [-0.2, 0) is 20.9 Å². The molecule has 0 N–H and O–H groups in total. The first-order valence-electron chi connectivity index (χ1n) is 6.65. The fraction of sp³-hybridized carbons (Fsp3) is 0.571. The number of methoxy groups -OCH3 is 1. The van der Waals surface area contributed by atoms with E-state index in [0.717, 1.165) is 8.66 Å². The van der Waals surface area contributed by atoms with Crippen LogP contribution in [0.15, 0.2) is 15.9 Å². The van der Waals surface area contributed by atoms with Gasteiger partial charge in [0.1, 0.15) is 0 Å². The predicted octanol–water partition coefficient (Wildman–Crippen LogP) is 3.40. The van der Waals surface area contributed by atoms with Gasteiger partial charge in [0.2, 0.25) is 5.91 Å². The molecule has 0 aliphatic carbocycles. The van der Waals surface area contributed by atoms with Gasteiger partial charge < -0.3 is 9.64 Å². The Morgan fingerprint density at radius 1 is 1.48 bits per heavy atom. The van der Waals surface area contributed by atoms with Crippen molar-refractivity contribution in [3.63, 3.8) is 0 Å². The first-order chi connectivity index (χ1) is 9.97. The number of amides is 1. The van der Waals surface area contributed by atoms with Crippen molar-refractivity contribution >= 4 is 50.9 Å². The van der Waals surface area contributed by atoms with Gasteiger partial charge in [-0.1, -0.05) is 6.92 Å². The molecule has 0 saturated carbocycles. The van der Waals surface area contributed by atoms with Crippen molar-refractivity contribution in [1.29, 1.82) is 0 Å². The van der Waals surface area contributed by atoms with Crippen molar-refractivity contribution in [2.75, 3.05) is 25.2 Å². The van der Waals surface area contributed by atoms with Crippen molar-refractivity contribution in [3.8, 4) is 0 Å². The lowest BCUT2D eigenvalue weighted by Gasteiger charge is -2.20. The second-order valence-electron chi connectivity index (χ2n) is 4.55. The predicted molar refractivity (Wildman–Crippen MR) is 91.6 cm³/mol. The number of carbonyl (C=O) groups is 2. The highest BCUT2D eigenvalue weighted by molar-refractivity contribution is 9.11. The second-order valence-corrected chi connectivity index (χ2v) is 8.13. The molecule has 118 valence electrons. The number of rotatable bonds is 8. The fourth-order valence-corrected chi connectivity index (χ4v) is 4.15. The van der Waals surface area contributed by atoms with Gasteiger partial charge in [-0.2, -0.15) is 11.8 Å². The molecular formula is C14H20BrNO3S2. The summed E-state index contributed by atoms with van der Waals surface area (Å²) in [6.07, 6.45) is 0. The molecule has 1 rings (SSSR count). The number of ether oxygens (including phenoxy) is 1. The highest BCUT2D eigenvalue weighted by Crippen LogP contribution is 2.23. The molecule has 0 aliphatic rings. The number of thioether (sulfide) groups is 1. The molecule has 1 heterocycles. The van der Waals surface area contributed by atoms with Gasteiger partial charge >= 0.3 is 5.97 Å². The molecule has 0 aliphatic heterocycles. The molecule has 0 aromatic carbocycles. The normalized spacial score (nSPS) is 12.0. The molecule has 0 spiro atoms. The van der Waals surface area contributed by atoms with E-state index in [0.29, 0.717) is 24.6 Å². The molecule has 7 heteroatoms. The number of hydrogen-bond acceptors (Lipinski definition) is 5. The van der Waals surface area contributed by atoms with Crippen LogP contribution < -0.4 is 0 Å². The standard InChI is InChI=1S/C14H20BrNO3S2/c1-4-16(7-11-5-6-12(15)21-11)13(17)9-20-8-10(2)14(18)19-3/h5-6,10H,4,7-9H2,1-3H3. The van der Waals surface area contributed by atoms with Crippen molar-refractivity contribution < 1.29 is 14.3 Å². The lowest BCUT2D eigenvalue weighted by atomic mass is 10.2. The zero-order valence-corrected chi connectivity index (χ0v) is 15.6. The van der Waals surface area contributed by atoms with Crippen LogP contribution >= 0.6 is 39.0 Å². The third-order valence-corrected chi connectivity index (χ3v) is 5.70. The van der Waals surface area contributed by atoms with E-state index in [9.17, 15) is 9.59 Å². The van der Waals surface area contributed by atoms with Gasteiger partial charge in [0.25, 0.3) is 0 Å². The Kier molecular flexibility index (Phi) is 8.36. The topological polar surface area (TPSA) is 46.6 Å². The third-order valence-electron chi connectivity index (χ3n) is 2.91. The second kappa shape index (κ2) is 9.48. The van der Waals surface area contributed by atoms with E-state index in [2.05, 4.69) is 20.7 Å². The number of carbonyl (C=O) groups excluding carboxylic acids is 2. The fourth-order valence-electron chi connectivity index (χ4n) is 1.68. The largest absolute Gasteiger partial charge is 0.469 e. The van der Waals surface area contributed by atoms with Crippen LogP contribution in [0.25, 0.3) is 0 Å². The number of halogens is 1. The first kappa shape index (κ1) is 18.5. The summed E-state index contributed by atoms with van der Waals surface area (Å²) >= 11 is 6.54. The molecular weight excluding hydrogens is 374 g/mol. The molecule has 4 nitrogen and oxygen atoms in total. The maximum atomic E-state index is 12.2. The molecule has 21 heavy (non-hydrogen) atoms. The lowest BCUT2D eigenvalue weighted by molar-refractivity contribution is -0.144. The Hall–Kier alpha value is -0.530. The van der Waals surface area contributed by atoms with E-state index in [1.165, 1.54) is 18.9 Å². The smallest absolute Gasteiger partial charge is 0.309 e. The summed E-state index contributed by atoms with van der Waals surface area (Å²) in [4.78, 5) is 26.5. The molecule has 0 bridgehead atoms. The van der Waals surface area contributed by atoms with Crippen LogP contribution in [-0.4, -0.2) is 41.9 Å². The Bertz CT molecular complexity index is 479. The maximum Gasteiger partial charge on any atom is 0.309 e. The summed E-state index contributed by atoms with van der Waals surface area (Å²) in [5, 5.41) is 0. The summed E-state index contributed by atoms with van der Waals surface area (Å²) in [5.74, 6) is 0.674. The van der Waals surface area contributed by atoms with Crippen LogP contribution in [0.4, 0.5) is 0 Å². The average Bonchev–Trinajstić information content (AvgIpc) is 2.88. The molecule has 1 amide bonds. The summed E-state index contributed by atoms with van der Waals surface area (Å²) in [6, 6.07) is 4.02. The van der Waals surface area contributed by atoms with Crippen molar-refractivity contribution in [2.24, 2.45) is 5.92 Å². The Morgan fingerprint density at radius 3 is 2.71 bits per heavy atom. The van der Waals surface area contributed by atoms with Gasteiger partial charge in [-0.05, 0) is 35.0 Å². The van der Waals surface area contributed by atoms with E-state index in [4.69, 9.17) is 0 Å². The van der Waals surface area contributed by atoms with Gasteiger partial charge in [0.05, 0.1) is 29.1 Å². The van der Waals surface area contributed by atoms with E-state index >= 15 is 0 Å². The van der Waals surface area contributed by atoms with Crippen LogP contribution in [0.5, 0.6) is 0 Å². The SMILES string of the molecule is CCN(Cc1ccc(Br)s1)C(=O)CSCC(C)C(=O)OC. The van der Waals surface area contributed by atoms with Gasteiger partial charge in [0.15, 0.2) is 0 Å². The summed E-state index contributed by atoms with van der Waals surface area (Å²) < 4.78 is 5.74. The Labute approximate surface area is 142 Å². The lowest BCUT2D eigenvalue weighted by Crippen LogP contribution is -2.31. The third kappa shape index (κ3) is 6.40. The quantitative estimate of drug-likeness (QED) is 0.634. The highest BCUT2D eigenvalue weighted by Gasteiger charge is 2.16. The molecule has 1 unspecified atom stereocenters. The minimum Gasteiger partial charge on any atom is -0.469 e. The molecule has 1 aromatic heterocycles. The van der Waals surface area contributed by atoms with Gasteiger partial charge in [-0.15, -0.1) is 11.3 Å². The molecule has 1 atom stereocenters. The molecule has 1 aromatic rings. The molecule has 0 saturated heterocycles. The van der Waals surface area contributed by atoms with Gasteiger partial charge in [-0.3, -0.25) is 9.59 Å². The minimum absolute atomic E-state index is 0.101. The zero-order valence-electron chi connectivity index (χ0n) is 12.4. The van der Waals surface area contributed by atoms with Crippen LogP contribution in [0.2, 0.25) is 0 Å². The molecule has 0 radical (unpaired) electrons. The Balaban J connectivity index is 2.39. The van der Waals surface area contributed by atoms with Gasteiger partial charge in [-0.25, -0.2) is 0 Å². The monoisotopic (exact) mass is 393 g/mol.